The topological polar surface area (TPSA) is 67.9 Å². The number of imide groups is 1. The fourth-order valence-corrected chi connectivity index (χ4v) is 2.51. The van der Waals surface area contributed by atoms with Gasteiger partial charge in [-0.15, -0.1) is 0 Å². The van der Waals surface area contributed by atoms with Crippen LogP contribution in [0.2, 0.25) is 0 Å². The Hall–Kier alpha value is -2.15. The summed E-state index contributed by atoms with van der Waals surface area (Å²) >= 11 is 4.98. The largest absolute Gasteiger partial charge is 0.460 e. The molecule has 7 heteroatoms. The molecule has 0 unspecified atom stereocenters. The Morgan fingerprint density at radius 1 is 1.35 bits per heavy atom. The summed E-state index contributed by atoms with van der Waals surface area (Å²) in [5, 5.41) is 2.97. The number of hydrogen-bond donors (Lipinski definition) is 1. The molecule has 3 rings (SSSR count). The van der Waals surface area contributed by atoms with Gasteiger partial charge in [0, 0.05) is 0 Å². The lowest BCUT2D eigenvalue weighted by molar-refractivity contribution is -0.130. The van der Waals surface area contributed by atoms with Crippen LogP contribution in [0.4, 0.5) is 4.79 Å². The van der Waals surface area contributed by atoms with E-state index in [0.717, 1.165) is 10.5 Å². The Morgan fingerprint density at radius 3 is 2.75 bits per heavy atom. The van der Waals surface area contributed by atoms with E-state index in [1.165, 1.54) is 0 Å². The molecule has 6 nitrogen and oxygen atoms in total. The second kappa shape index (κ2) is 5.09. The Morgan fingerprint density at radius 2 is 2.10 bits per heavy atom. The molecule has 0 bridgehead atoms. The standard InChI is InChI=1S/C13H12N2O4S/c16-11(15-6-7-18-13(15)17)9-10(19-12(20)14-9)8-4-2-1-3-5-8/h1-5,9-10H,6-7H2,(H,14,20)/t9-,10+/m1/s1. The summed E-state index contributed by atoms with van der Waals surface area (Å²) in [6.07, 6.45) is -1.16. The molecule has 0 spiro atoms. The van der Waals surface area contributed by atoms with E-state index in [1.807, 2.05) is 30.3 Å². The zero-order valence-corrected chi connectivity index (χ0v) is 11.3. The molecule has 0 aliphatic carbocycles. The van der Waals surface area contributed by atoms with Crippen molar-refractivity contribution in [3.63, 3.8) is 0 Å². The molecule has 2 aliphatic rings. The molecule has 1 aromatic carbocycles. The molecule has 2 amide bonds. The average molecular weight is 292 g/mol. The number of nitrogens with one attached hydrogen (secondary N) is 1. The zero-order chi connectivity index (χ0) is 14.1. The van der Waals surface area contributed by atoms with Gasteiger partial charge in [-0.25, -0.2) is 9.69 Å². The van der Waals surface area contributed by atoms with Crippen LogP contribution in [0.1, 0.15) is 11.7 Å². The molecule has 1 aromatic rings. The summed E-state index contributed by atoms with van der Waals surface area (Å²) in [6.45, 7) is 0.475. The van der Waals surface area contributed by atoms with Crippen LogP contribution in [0.5, 0.6) is 0 Å². The fraction of sp³-hybridized carbons (Fsp3) is 0.308. The van der Waals surface area contributed by atoms with Crippen LogP contribution in [0.3, 0.4) is 0 Å². The third kappa shape index (κ3) is 2.20. The van der Waals surface area contributed by atoms with Crippen molar-refractivity contribution in [2.75, 3.05) is 13.2 Å². The molecule has 0 aromatic heterocycles. The SMILES string of the molecule is O=C1OCCN1C(=O)[C@@H]1NC(=S)O[C@H]1c1ccccc1. The van der Waals surface area contributed by atoms with E-state index in [2.05, 4.69) is 5.32 Å². The summed E-state index contributed by atoms with van der Waals surface area (Å²) in [4.78, 5) is 25.0. The van der Waals surface area contributed by atoms with Gasteiger partial charge in [0.05, 0.1) is 6.54 Å². The van der Waals surface area contributed by atoms with E-state index >= 15 is 0 Å². The van der Waals surface area contributed by atoms with E-state index in [1.54, 1.807) is 0 Å². The van der Waals surface area contributed by atoms with Crippen LogP contribution in [0.25, 0.3) is 0 Å². The number of carbonyl (C=O) groups is 2. The fourth-order valence-electron chi connectivity index (χ4n) is 2.28. The van der Waals surface area contributed by atoms with Crippen LogP contribution in [0, 0.1) is 0 Å². The summed E-state index contributed by atoms with van der Waals surface area (Å²) in [5.41, 5.74) is 0.825. The Bertz CT molecular complexity index is 563. The average Bonchev–Trinajstić information content (AvgIpc) is 3.05. The molecule has 2 saturated heterocycles. The van der Waals surface area contributed by atoms with Crippen LogP contribution < -0.4 is 5.32 Å². The second-order valence-electron chi connectivity index (χ2n) is 4.46. The first-order valence-corrected chi connectivity index (χ1v) is 6.58. The lowest BCUT2D eigenvalue weighted by Crippen LogP contribution is -2.46. The highest BCUT2D eigenvalue weighted by atomic mass is 32.1. The third-order valence-corrected chi connectivity index (χ3v) is 3.45. The quantitative estimate of drug-likeness (QED) is 0.820. The lowest BCUT2D eigenvalue weighted by Gasteiger charge is -2.20. The summed E-state index contributed by atoms with van der Waals surface area (Å²) in [5.74, 6) is -0.388. The Labute approximate surface area is 120 Å². The third-order valence-electron chi connectivity index (χ3n) is 3.23. The van der Waals surface area contributed by atoms with Crippen LogP contribution in [-0.4, -0.2) is 41.3 Å². The van der Waals surface area contributed by atoms with Crippen molar-refractivity contribution in [2.45, 2.75) is 12.1 Å². The van der Waals surface area contributed by atoms with Crippen LogP contribution in [0.15, 0.2) is 30.3 Å². The normalized spacial score (nSPS) is 25.1. The van der Waals surface area contributed by atoms with Crippen molar-refractivity contribution in [3.8, 4) is 0 Å². The van der Waals surface area contributed by atoms with Gasteiger partial charge >= 0.3 is 6.09 Å². The van der Waals surface area contributed by atoms with E-state index in [0.29, 0.717) is 0 Å². The molecule has 20 heavy (non-hydrogen) atoms. The van der Waals surface area contributed by atoms with Crippen molar-refractivity contribution in [2.24, 2.45) is 0 Å². The van der Waals surface area contributed by atoms with Gasteiger partial charge in [0.25, 0.3) is 11.1 Å². The number of rotatable bonds is 2. The summed E-state index contributed by atoms with van der Waals surface area (Å²) < 4.78 is 10.3. The Kier molecular flexibility index (Phi) is 3.27. The van der Waals surface area contributed by atoms with E-state index < -0.39 is 18.2 Å². The smallest absolute Gasteiger partial charge is 0.416 e. The number of amides is 2. The van der Waals surface area contributed by atoms with Crippen molar-refractivity contribution < 1.29 is 19.1 Å². The predicted molar refractivity (Wildman–Crippen MR) is 72.9 cm³/mol. The van der Waals surface area contributed by atoms with Gasteiger partial charge in [-0.2, -0.15) is 0 Å². The number of thiocarbonyl (C=S) groups is 1. The second-order valence-corrected chi connectivity index (χ2v) is 4.83. The van der Waals surface area contributed by atoms with Gasteiger partial charge in [0.2, 0.25) is 0 Å². The van der Waals surface area contributed by atoms with Gasteiger partial charge in [0.15, 0.2) is 12.1 Å². The number of benzene rings is 1. The number of cyclic esters (lactones) is 1. The van der Waals surface area contributed by atoms with Gasteiger partial charge in [-0.3, -0.25) is 4.79 Å². The number of hydrogen-bond acceptors (Lipinski definition) is 5. The highest BCUT2D eigenvalue weighted by molar-refractivity contribution is 7.80. The number of carbonyl (C=O) groups excluding carboxylic acids is 2. The minimum atomic E-state index is -0.712. The Balaban J connectivity index is 1.85. The maximum Gasteiger partial charge on any atom is 0.416 e. The zero-order valence-electron chi connectivity index (χ0n) is 10.4. The molecule has 2 fully saturated rings. The van der Waals surface area contributed by atoms with Gasteiger partial charge in [-0.1, -0.05) is 30.3 Å². The van der Waals surface area contributed by atoms with Gasteiger partial charge < -0.3 is 14.8 Å². The van der Waals surface area contributed by atoms with Crippen molar-refractivity contribution in [3.05, 3.63) is 35.9 Å². The number of ether oxygens (including phenoxy) is 2. The maximum atomic E-state index is 12.4. The predicted octanol–water partition coefficient (Wildman–Crippen LogP) is 0.980. The molecule has 0 saturated carbocycles. The molecule has 0 radical (unpaired) electrons. The highest BCUT2D eigenvalue weighted by Gasteiger charge is 2.43. The molecular weight excluding hydrogens is 280 g/mol. The molecule has 104 valence electrons. The molecular formula is C13H12N2O4S. The maximum absolute atomic E-state index is 12.4. The first-order chi connectivity index (χ1) is 9.66. The number of nitrogens with zero attached hydrogens (tertiary/aromatic N) is 1. The van der Waals surface area contributed by atoms with E-state index in [-0.39, 0.29) is 24.2 Å². The highest BCUT2D eigenvalue weighted by Crippen LogP contribution is 2.28. The summed E-state index contributed by atoms with van der Waals surface area (Å²) in [6, 6.07) is 8.57. The first kappa shape index (κ1) is 12.9. The van der Waals surface area contributed by atoms with Crippen molar-refractivity contribution in [1.82, 2.24) is 10.2 Å². The molecule has 1 N–H and O–H groups in total. The van der Waals surface area contributed by atoms with Crippen molar-refractivity contribution in [1.29, 1.82) is 0 Å². The minimum Gasteiger partial charge on any atom is -0.460 e. The summed E-state index contributed by atoms with van der Waals surface area (Å²) in [7, 11) is 0. The molecule has 2 aliphatic heterocycles. The lowest BCUT2D eigenvalue weighted by atomic mass is 10.0. The van der Waals surface area contributed by atoms with E-state index in [4.69, 9.17) is 21.7 Å². The van der Waals surface area contributed by atoms with Crippen molar-refractivity contribution >= 4 is 29.4 Å². The van der Waals surface area contributed by atoms with Crippen LogP contribution >= 0.6 is 12.2 Å². The molecule has 2 heterocycles. The minimum absolute atomic E-state index is 0.157. The first-order valence-electron chi connectivity index (χ1n) is 6.17. The van der Waals surface area contributed by atoms with Gasteiger partial charge in [-0.05, 0) is 17.8 Å². The van der Waals surface area contributed by atoms with E-state index in [9.17, 15) is 9.59 Å². The monoisotopic (exact) mass is 292 g/mol. The van der Waals surface area contributed by atoms with Crippen LogP contribution in [-0.2, 0) is 14.3 Å². The molecule has 2 atom stereocenters. The van der Waals surface area contributed by atoms with Gasteiger partial charge in [0.1, 0.15) is 6.61 Å².